The van der Waals surface area contributed by atoms with Gasteiger partial charge in [-0.05, 0) is 35.4 Å². The number of aliphatic hydroxyl groups excluding tert-OH is 1. The summed E-state index contributed by atoms with van der Waals surface area (Å²) >= 11 is 1.69. The van der Waals surface area contributed by atoms with Crippen molar-refractivity contribution in [3.63, 3.8) is 0 Å². The molecule has 2 aromatic rings. The van der Waals surface area contributed by atoms with Crippen LogP contribution in [0.15, 0.2) is 42.6 Å². The molecular weight excluding hydrogens is 272 g/mol. The van der Waals surface area contributed by atoms with Gasteiger partial charge in [0.05, 0.1) is 6.61 Å². The molecule has 0 fully saturated rings. The molecule has 4 nitrogen and oxygen atoms in total. The minimum absolute atomic E-state index is 0.207. The van der Waals surface area contributed by atoms with Crippen LogP contribution < -0.4 is 5.32 Å². The maximum absolute atomic E-state index is 9.41. The molecule has 0 aliphatic heterocycles. The summed E-state index contributed by atoms with van der Waals surface area (Å²) < 4.78 is 0. The molecule has 0 aliphatic rings. The zero-order valence-electron chi connectivity index (χ0n) is 11.1. The van der Waals surface area contributed by atoms with Crippen LogP contribution in [0.4, 0.5) is 5.82 Å². The molecule has 0 unspecified atom stereocenters. The number of aromatic hydroxyl groups is 1. The van der Waals surface area contributed by atoms with E-state index in [0.717, 1.165) is 22.9 Å². The Kier molecular flexibility index (Phi) is 5.70. The van der Waals surface area contributed by atoms with Crippen LogP contribution in [0.3, 0.4) is 0 Å². The zero-order chi connectivity index (χ0) is 14.2. The quantitative estimate of drug-likeness (QED) is 0.684. The van der Waals surface area contributed by atoms with Gasteiger partial charge in [-0.2, -0.15) is 11.8 Å². The van der Waals surface area contributed by atoms with Crippen molar-refractivity contribution in [2.24, 2.45) is 0 Å². The highest BCUT2D eigenvalue weighted by molar-refractivity contribution is 7.98. The van der Waals surface area contributed by atoms with Crippen LogP contribution in [0.25, 0.3) is 0 Å². The first-order chi connectivity index (χ1) is 9.78. The Morgan fingerprint density at radius 3 is 2.85 bits per heavy atom. The van der Waals surface area contributed by atoms with E-state index < -0.39 is 0 Å². The van der Waals surface area contributed by atoms with Crippen LogP contribution in [0.2, 0.25) is 0 Å². The molecule has 1 aromatic heterocycles. The van der Waals surface area contributed by atoms with Crippen LogP contribution in [-0.4, -0.2) is 27.6 Å². The van der Waals surface area contributed by atoms with Gasteiger partial charge in [-0.15, -0.1) is 0 Å². The van der Waals surface area contributed by atoms with E-state index in [-0.39, 0.29) is 12.4 Å². The highest BCUT2D eigenvalue weighted by atomic mass is 32.2. The number of phenolic OH excluding ortho intramolecular Hbond substituents is 1. The molecule has 0 saturated heterocycles. The van der Waals surface area contributed by atoms with E-state index in [4.69, 9.17) is 5.11 Å². The Morgan fingerprint density at radius 1 is 1.15 bits per heavy atom. The molecule has 20 heavy (non-hydrogen) atoms. The SMILES string of the molecule is OCCSCc1ccnc(NCc2cccc(O)c2)c1. The number of hydrogen-bond acceptors (Lipinski definition) is 5. The van der Waals surface area contributed by atoms with Crippen LogP contribution in [0.1, 0.15) is 11.1 Å². The molecule has 0 amide bonds. The molecule has 2 rings (SSSR count). The van der Waals surface area contributed by atoms with Gasteiger partial charge < -0.3 is 15.5 Å². The lowest BCUT2D eigenvalue weighted by molar-refractivity contribution is 0.322. The fraction of sp³-hybridized carbons (Fsp3) is 0.267. The summed E-state index contributed by atoms with van der Waals surface area (Å²) in [5.74, 6) is 2.69. The van der Waals surface area contributed by atoms with E-state index >= 15 is 0 Å². The van der Waals surface area contributed by atoms with Gasteiger partial charge in [0.2, 0.25) is 0 Å². The summed E-state index contributed by atoms with van der Waals surface area (Å²) in [5, 5.41) is 21.4. The third kappa shape index (κ3) is 4.75. The lowest BCUT2D eigenvalue weighted by atomic mass is 10.2. The molecule has 0 atom stereocenters. The highest BCUT2D eigenvalue weighted by Gasteiger charge is 1.99. The summed E-state index contributed by atoms with van der Waals surface area (Å²) in [6.07, 6.45) is 1.78. The van der Waals surface area contributed by atoms with Gasteiger partial charge in [-0.25, -0.2) is 4.98 Å². The van der Waals surface area contributed by atoms with Crippen LogP contribution >= 0.6 is 11.8 Å². The van der Waals surface area contributed by atoms with Crippen molar-refractivity contribution in [1.29, 1.82) is 0 Å². The zero-order valence-corrected chi connectivity index (χ0v) is 11.9. The predicted molar refractivity (Wildman–Crippen MR) is 82.9 cm³/mol. The second-order valence-corrected chi connectivity index (χ2v) is 5.45. The highest BCUT2D eigenvalue weighted by Crippen LogP contribution is 2.16. The van der Waals surface area contributed by atoms with Crippen molar-refractivity contribution in [3.05, 3.63) is 53.7 Å². The average molecular weight is 290 g/mol. The molecule has 106 valence electrons. The molecule has 1 heterocycles. The lowest BCUT2D eigenvalue weighted by Crippen LogP contribution is -2.01. The van der Waals surface area contributed by atoms with Crippen LogP contribution in [-0.2, 0) is 12.3 Å². The third-order valence-corrected chi connectivity index (χ3v) is 3.72. The van der Waals surface area contributed by atoms with Crippen molar-refractivity contribution >= 4 is 17.6 Å². The van der Waals surface area contributed by atoms with Gasteiger partial charge >= 0.3 is 0 Å². The van der Waals surface area contributed by atoms with Crippen LogP contribution in [0, 0.1) is 0 Å². The number of nitrogens with one attached hydrogen (secondary N) is 1. The van der Waals surface area contributed by atoms with Gasteiger partial charge in [0.1, 0.15) is 11.6 Å². The van der Waals surface area contributed by atoms with Gasteiger partial charge in [0.15, 0.2) is 0 Å². The Balaban J connectivity index is 1.91. The van der Waals surface area contributed by atoms with E-state index in [9.17, 15) is 5.11 Å². The summed E-state index contributed by atoms with van der Waals surface area (Å²) in [5.41, 5.74) is 2.18. The summed E-state index contributed by atoms with van der Waals surface area (Å²) in [6, 6.07) is 11.1. The topological polar surface area (TPSA) is 65.4 Å². The molecule has 5 heteroatoms. The van der Waals surface area contributed by atoms with E-state index in [1.807, 2.05) is 24.3 Å². The molecule has 0 saturated carbocycles. The number of nitrogens with zero attached hydrogens (tertiary/aromatic N) is 1. The molecule has 3 N–H and O–H groups in total. The van der Waals surface area contributed by atoms with E-state index in [0.29, 0.717) is 6.54 Å². The van der Waals surface area contributed by atoms with Crippen LogP contribution in [0.5, 0.6) is 5.75 Å². The number of rotatable bonds is 7. The Morgan fingerprint density at radius 2 is 2.05 bits per heavy atom. The number of pyridine rings is 1. The van der Waals surface area contributed by atoms with Gasteiger partial charge in [0.25, 0.3) is 0 Å². The van der Waals surface area contributed by atoms with Gasteiger partial charge in [-0.1, -0.05) is 12.1 Å². The number of hydrogen-bond donors (Lipinski definition) is 3. The number of thioether (sulfide) groups is 1. The second-order valence-electron chi connectivity index (χ2n) is 4.35. The lowest BCUT2D eigenvalue weighted by Gasteiger charge is -2.08. The Labute approximate surface area is 122 Å². The minimum Gasteiger partial charge on any atom is -0.508 e. The summed E-state index contributed by atoms with van der Waals surface area (Å²) in [7, 11) is 0. The number of phenols is 1. The molecule has 0 bridgehead atoms. The number of benzene rings is 1. The standard InChI is InChI=1S/C15H18N2O2S/c18-6-7-20-11-13-4-5-16-15(9-13)17-10-12-2-1-3-14(19)8-12/h1-5,8-9,18-19H,6-7,10-11H2,(H,16,17). The Bertz CT molecular complexity index is 549. The fourth-order valence-corrected chi connectivity index (χ4v) is 2.46. The van der Waals surface area contributed by atoms with Crippen molar-refractivity contribution < 1.29 is 10.2 Å². The third-order valence-electron chi connectivity index (χ3n) is 2.71. The first-order valence-electron chi connectivity index (χ1n) is 6.43. The summed E-state index contributed by atoms with van der Waals surface area (Å²) in [4.78, 5) is 4.27. The Hall–Kier alpha value is -1.72. The molecule has 0 spiro atoms. The largest absolute Gasteiger partial charge is 0.508 e. The predicted octanol–water partition coefficient (Wildman–Crippen LogP) is 2.62. The summed E-state index contributed by atoms with van der Waals surface area (Å²) in [6.45, 7) is 0.826. The van der Waals surface area contributed by atoms with Crippen molar-refractivity contribution in [2.45, 2.75) is 12.3 Å². The van der Waals surface area contributed by atoms with Crippen molar-refractivity contribution in [2.75, 3.05) is 17.7 Å². The van der Waals surface area contributed by atoms with E-state index in [2.05, 4.69) is 10.3 Å². The molecule has 0 aliphatic carbocycles. The minimum atomic E-state index is 0.207. The molecular formula is C15H18N2O2S. The first-order valence-corrected chi connectivity index (χ1v) is 7.59. The smallest absolute Gasteiger partial charge is 0.126 e. The fourth-order valence-electron chi connectivity index (χ4n) is 1.77. The normalized spacial score (nSPS) is 10.4. The van der Waals surface area contributed by atoms with Crippen molar-refractivity contribution in [3.8, 4) is 5.75 Å². The monoisotopic (exact) mass is 290 g/mol. The first kappa shape index (κ1) is 14.7. The van der Waals surface area contributed by atoms with Gasteiger partial charge in [-0.3, -0.25) is 0 Å². The number of anilines is 1. The second kappa shape index (κ2) is 7.77. The maximum Gasteiger partial charge on any atom is 0.126 e. The molecule has 1 aromatic carbocycles. The molecule has 0 radical (unpaired) electrons. The van der Waals surface area contributed by atoms with E-state index in [1.54, 1.807) is 30.1 Å². The van der Waals surface area contributed by atoms with Crippen molar-refractivity contribution in [1.82, 2.24) is 4.98 Å². The maximum atomic E-state index is 9.41. The number of aromatic nitrogens is 1. The number of aliphatic hydroxyl groups is 1. The van der Waals surface area contributed by atoms with E-state index in [1.165, 1.54) is 5.56 Å². The van der Waals surface area contributed by atoms with Gasteiger partial charge in [0, 0.05) is 24.2 Å². The average Bonchev–Trinajstić information content (AvgIpc) is 2.46.